The fourth-order valence-corrected chi connectivity index (χ4v) is 3.53. The molecule has 0 radical (unpaired) electrons. The van der Waals surface area contributed by atoms with Gasteiger partial charge in [-0.05, 0) is 44.2 Å². The van der Waals surface area contributed by atoms with Gasteiger partial charge in [0.25, 0.3) is 0 Å². The van der Waals surface area contributed by atoms with Gasteiger partial charge in [-0.15, -0.1) is 0 Å². The van der Waals surface area contributed by atoms with Crippen molar-refractivity contribution in [1.29, 1.82) is 0 Å². The Morgan fingerprint density at radius 2 is 1.58 bits per heavy atom. The molecule has 0 bridgehead atoms. The highest BCUT2D eigenvalue weighted by atomic mass is 35.5. The highest BCUT2D eigenvalue weighted by molar-refractivity contribution is 6.33. The number of phenols is 1. The summed E-state index contributed by atoms with van der Waals surface area (Å²) in [5, 5.41) is 16.3. The van der Waals surface area contributed by atoms with E-state index in [2.05, 4.69) is 30.7 Å². The zero-order valence-corrected chi connectivity index (χ0v) is 15.4. The van der Waals surface area contributed by atoms with E-state index in [1.54, 1.807) is 12.1 Å². The maximum atomic E-state index is 9.59. The van der Waals surface area contributed by atoms with Crippen LogP contribution in [-0.2, 0) is 0 Å². The van der Waals surface area contributed by atoms with Crippen molar-refractivity contribution < 1.29 is 5.11 Å². The SMILES string of the molecule is CC(C)n1nc(-c2ccc(O)cc2)c2cccc(-c3ccccc3Cl)c21. The summed E-state index contributed by atoms with van der Waals surface area (Å²) in [6.07, 6.45) is 0. The van der Waals surface area contributed by atoms with Crippen molar-refractivity contribution in [2.75, 3.05) is 0 Å². The number of halogens is 1. The number of aromatic hydroxyl groups is 1. The zero-order valence-electron chi connectivity index (χ0n) is 14.6. The van der Waals surface area contributed by atoms with Crippen LogP contribution in [0.15, 0.2) is 66.7 Å². The first-order valence-corrected chi connectivity index (χ1v) is 8.99. The first-order valence-electron chi connectivity index (χ1n) is 8.62. The third kappa shape index (κ3) is 2.74. The molecule has 0 saturated heterocycles. The van der Waals surface area contributed by atoms with Gasteiger partial charge in [-0.1, -0.05) is 48.0 Å². The summed E-state index contributed by atoms with van der Waals surface area (Å²) in [6, 6.07) is 21.5. The number of rotatable bonds is 3. The van der Waals surface area contributed by atoms with Gasteiger partial charge in [0.2, 0.25) is 0 Å². The molecule has 0 saturated carbocycles. The molecule has 4 aromatic rings. The van der Waals surface area contributed by atoms with Gasteiger partial charge in [0.1, 0.15) is 11.4 Å². The third-order valence-electron chi connectivity index (χ3n) is 4.52. The number of aromatic nitrogens is 2. The summed E-state index contributed by atoms with van der Waals surface area (Å²) < 4.78 is 2.05. The Bertz CT molecular complexity index is 1080. The van der Waals surface area contributed by atoms with Crippen molar-refractivity contribution in [3.63, 3.8) is 0 Å². The molecule has 0 unspecified atom stereocenters. The normalized spacial score (nSPS) is 11.4. The van der Waals surface area contributed by atoms with Crippen LogP contribution in [0.5, 0.6) is 5.75 Å². The second kappa shape index (κ2) is 6.50. The van der Waals surface area contributed by atoms with Crippen LogP contribution in [0.4, 0.5) is 0 Å². The average molecular weight is 363 g/mol. The number of hydrogen-bond donors (Lipinski definition) is 1. The summed E-state index contributed by atoms with van der Waals surface area (Å²) in [5.41, 5.74) is 5.02. The van der Waals surface area contributed by atoms with Crippen LogP contribution in [0.25, 0.3) is 33.3 Å². The maximum Gasteiger partial charge on any atom is 0.115 e. The first-order chi connectivity index (χ1) is 12.6. The Kier molecular flexibility index (Phi) is 4.17. The molecule has 4 heteroatoms. The Labute approximate surface area is 157 Å². The summed E-state index contributed by atoms with van der Waals surface area (Å²) >= 11 is 6.47. The minimum absolute atomic E-state index is 0.201. The molecular weight excluding hydrogens is 344 g/mol. The smallest absolute Gasteiger partial charge is 0.115 e. The summed E-state index contributed by atoms with van der Waals surface area (Å²) in [7, 11) is 0. The standard InChI is InChI=1S/C22H19ClN2O/c1-14(2)25-22-18(17-6-3-4-9-20(17)23)7-5-8-19(22)21(24-25)15-10-12-16(26)13-11-15/h3-14,26H,1-2H3. The molecular formula is C22H19ClN2O. The Morgan fingerprint density at radius 1 is 0.885 bits per heavy atom. The summed E-state index contributed by atoms with van der Waals surface area (Å²) in [6.45, 7) is 4.24. The molecule has 1 N–H and O–H groups in total. The van der Waals surface area contributed by atoms with Crippen LogP contribution in [0.2, 0.25) is 5.02 Å². The molecule has 0 fully saturated rings. The van der Waals surface area contributed by atoms with E-state index in [1.807, 2.05) is 42.5 Å². The number of benzene rings is 3. The lowest BCUT2D eigenvalue weighted by molar-refractivity contribution is 0.475. The molecule has 130 valence electrons. The van der Waals surface area contributed by atoms with E-state index in [1.165, 1.54) is 0 Å². The number of fused-ring (bicyclic) bond motifs is 1. The average Bonchev–Trinajstić information content (AvgIpc) is 3.03. The predicted octanol–water partition coefficient (Wildman–Crippen LogP) is 6.31. The number of hydrogen-bond acceptors (Lipinski definition) is 2. The van der Waals surface area contributed by atoms with E-state index >= 15 is 0 Å². The van der Waals surface area contributed by atoms with Crippen LogP contribution in [0.3, 0.4) is 0 Å². The minimum Gasteiger partial charge on any atom is -0.508 e. The first kappa shape index (κ1) is 16.7. The monoisotopic (exact) mass is 362 g/mol. The van der Waals surface area contributed by atoms with Crippen molar-refractivity contribution in [3.8, 4) is 28.1 Å². The van der Waals surface area contributed by atoms with Gasteiger partial charge in [-0.3, -0.25) is 4.68 Å². The summed E-state index contributed by atoms with van der Waals surface area (Å²) in [4.78, 5) is 0. The molecule has 0 spiro atoms. The molecule has 0 amide bonds. The molecule has 26 heavy (non-hydrogen) atoms. The van der Waals surface area contributed by atoms with E-state index in [9.17, 15) is 5.11 Å². The lowest BCUT2D eigenvalue weighted by atomic mass is 10.00. The molecule has 1 heterocycles. The Morgan fingerprint density at radius 3 is 2.27 bits per heavy atom. The van der Waals surface area contributed by atoms with Crippen LogP contribution in [-0.4, -0.2) is 14.9 Å². The van der Waals surface area contributed by atoms with Gasteiger partial charge in [0.15, 0.2) is 0 Å². The van der Waals surface area contributed by atoms with Gasteiger partial charge in [-0.2, -0.15) is 5.10 Å². The van der Waals surface area contributed by atoms with Crippen LogP contribution < -0.4 is 0 Å². The van der Waals surface area contributed by atoms with Gasteiger partial charge in [0.05, 0.1) is 5.52 Å². The van der Waals surface area contributed by atoms with Gasteiger partial charge in [-0.25, -0.2) is 0 Å². The van der Waals surface area contributed by atoms with E-state index in [0.717, 1.165) is 38.3 Å². The van der Waals surface area contributed by atoms with E-state index in [-0.39, 0.29) is 11.8 Å². The van der Waals surface area contributed by atoms with Gasteiger partial charge in [0, 0.05) is 33.1 Å². The lowest BCUT2D eigenvalue weighted by Crippen LogP contribution is -2.03. The Balaban J connectivity index is 2.05. The second-order valence-electron chi connectivity index (χ2n) is 6.62. The molecule has 0 aliphatic heterocycles. The molecule has 3 nitrogen and oxygen atoms in total. The van der Waals surface area contributed by atoms with Crippen LogP contribution in [0.1, 0.15) is 19.9 Å². The van der Waals surface area contributed by atoms with Gasteiger partial charge < -0.3 is 5.11 Å². The molecule has 0 atom stereocenters. The summed E-state index contributed by atoms with van der Waals surface area (Å²) in [5.74, 6) is 0.248. The van der Waals surface area contributed by atoms with Crippen molar-refractivity contribution in [3.05, 3.63) is 71.8 Å². The van der Waals surface area contributed by atoms with Crippen molar-refractivity contribution in [2.24, 2.45) is 0 Å². The molecule has 4 rings (SSSR count). The van der Waals surface area contributed by atoms with E-state index in [4.69, 9.17) is 16.7 Å². The van der Waals surface area contributed by atoms with Crippen LogP contribution >= 0.6 is 11.6 Å². The molecule has 0 aliphatic carbocycles. The van der Waals surface area contributed by atoms with E-state index < -0.39 is 0 Å². The van der Waals surface area contributed by atoms with E-state index in [0.29, 0.717) is 0 Å². The highest BCUT2D eigenvalue weighted by Crippen LogP contribution is 2.38. The lowest BCUT2D eigenvalue weighted by Gasteiger charge is -2.12. The third-order valence-corrected chi connectivity index (χ3v) is 4.85. The topological polar surface area (TPSA) is 38.0 Å². The quantitative estimate of drug-likeness (QED) is 0.463. The number of para-hydroxylation sites is 1. The molecule has 3 aromatic carbocycles. The second-order valence-corrected chi connectivity index (χ2v) is 7.02. The van der Waals surface area contributed by atoms with Crippen molar-refractivity contribution >= 4 is 22.5 Å². The van der Waals surface area contributed by atoms with Crippen LogP contribution in [0, 0.1) is 0 Å². The zero-order chi connectivity index (χ0) is 18.3. The predicted molar refractivity (Wildman–Crippen MR) is 108 cm³/mol. The minimum atomic E-state index is 0.201. The van der Waals surface area contributed by atoms with Gasteiger partial charge >= 0.3 is 0 Å². The largest absolute Gasteiger partial charge is 0.508 e. The van der Waals surface area contributed by atoms with Crippen molar-refractivity contribution in [2.45, 2.75) is 19.9 Å². The maximum absolute atomic E-state index is 9.59. The van der Waals surface area contributed by atoms with Crippen molar-refractivity contribution in [1.82, 2.24) is 9.78 Å². The molecule has 1 aromatic heterocycles. The molecule has 0 aliphatic rings. The Hall–Kier alpha value is -2.78. The fourth-order valence-electron chi connectivity index (χ4n) is 3.30. The highest BCUT2D eigenvalue weighted by Gasteiger charge is 2.18. The number of phenolic OH excluding ortho intramolecular Hbond substituents is 1. The number of nitrogens with zero attached hydrogens (tertiary/aromatic N) is 2. The fraction of sp³-hybridized carbons (Fsp3) is 0.136.